The molecule has 7 heteroatoms. The Morgan fingerprint density at radius 2 is 2.00 bits per heavy atom. The minimum Gasteiger partial charge on any atom is -0.477 e. The Bertz CT molecular complexity index is 744. The highest BCUT2D eigenvalue weighted by Crippen LogP contribution is 2.37. The predicted molar refractivity (Wildman–Crippen MR) is 78.8 cm³/mol. The molecule has 1 fully saturated rings. The van der Waals surface area contributed by atoms with Gasteiger partial charge < -0.3 is 10.0 Å². The van der Waals surface area contributed by atoms with Crippen LogP contribution in [-0.2, 0) is 0 Å². The van der Waals surface area contributed by atoms with Gasteiger partial charge in [-0.2, -0.15) is 0 Å². The van der Waals surface area contributed by atoms with Crippen molar-refractivity contribution in [2.24, 2.45) is 0 Å². The van der Waals surface area contributed by atoms with E-state index in [0.29, 0.717) is 22.0 Å². The zero-order valence-electron chi connectivity index (χ0n) is 11.3. The molecule has 22 heavy (non-hydrogen) atoms. The van der Waals surface area contributed by atoms with Gasteiger partial charge in [0.25, 0.3) is 5.92 Å². The number of alkyl halides is 2. The maximum Gasteiger partial charge on any atom is 0.354 e. The third-order valence-corrected chi connectivity index (χ3v) is 3.61. The van der Waals surface area contributed by atoms with Gasteiger partial charge in [0.2, 0.25) is 0 Å². The molecule has 0 aliphatic carbocycles. The van der Waals surface area contributed by atoms with Gasteiger partial charge in [-0.15, -0.1) is 0 Å². The smallest absolute Gasteiger partial charge is 0.354 e. The normalized spacial score (nSPS) is 16.2. The number of rotatable bonds is 3. The van der Waals surface area contributed by atoms with Crippen molar-refractivity contribution in [3.63, 3.8) is 0 Å². The first-order valence-corrected chi connectivity index (χ1v) is 6.87. The largest absolute Gasteiger partial charge is 0.477 e. The van der Waals surface area contributed by atoms with Crippen molar-refractivity contribution >= 4 is 23.3 Å². The summed E-state index contributed by atoms with van der Waals surface area (Å²) >= 11 is 5.94. The van der Waals surface area contributed by atoms with Gasteiger partial charge in [0.1, 0.15) is 5.69 Å². The highest BCUT2D eigenvalue weighted by molar-refractivity contribution is 6.30. The number of halogens is 3. The fraction of sp³-hybridized carbons (Fsp3) is 0.200. The summed E-state index contributed by atoms with van der Waals surface area (Å²) in [7, 11) is 0. The van der Waals surface area contributed by atoms with Crippen molar-refractivity contribution in [1.82, 2.24) is 4.98 Å². The molecule has 2 aromatic rings. The molecule has 3 rings (SSSR count). The summed E-state index contributed by atoms with van der Waals surface area (Å²) in [6.45, 7) is -0.816. The van der Waals surface area contributed by atoms with Crippen LogP contribution < -0.4 is 4.90 Å². The lowest BCUT2D eigenvalue weighted by Gasteiger charge is -2.41. The van der Waals surface area contributed by atoms with Crippen molar-refractivity contribution in [3.05, 3.63) is 47.1 Å². The number of nitrogens with zero attached hydrogens (tertiary/aromatic N) is 2. The maximum absolute atomic E-state index is 13.1. The Morgan fingerprint density at radius 1 is 1.27 bits per heavy atom. The minimum absolute atomic E-state index is 0.147. The summed E-state index contributed by atoms with van der Waals surface area (Å²) in [4.78, 5) is 16.7. The lowest BCUT2D eigenvalue weighted by atomic mass is 10.0. The third-order valence-electron chi connectivity index (χ3n) is 3.38. The molecule has 1 aromatic heterocycles. The van der Waals surface area contributed by atoms with Crippen LogP contribution in [-0.4, -0.2) is 35.1 Å². The highest BCUT2D eigenvalue weighted by Gasteiger charge is 2.44. The van der Waals surface area contributed by atoms with Crippen LogP contribution in [0, 0.1) is 0 Å². The topological polar surface area (TPSA) is 53.4 Å². The summed E-state index contributed by atoms with van der Waals surface area (Å²) in [5.41, 5.74) is 1.24. The molecule has 114 valence electrons. The van der Waals surface area contributed by atoms with Gasteiger partial charge in [0, 0.05) is 10.6 Å². The monoisotopic (exact) mass is 324 g/mol. The Hall–Kier alpha value is -2.21. The summed E-state index contributed by atoms with van der Waals surface area (Å²) in [6.07, 6.45) is 0. The second-order valence-electron chi connectivity index (χ2n) is 5.09. The van der Waals surface area contributed by atoms with Crippen molar-refractivity contribution in [3.8, 4) is 11.3 Å². The van der Waals surface area contributed by atoms with Gasteiger partial charge in [-0.1, -0.05) is 23.7 Å². The molecule has 0 bridgehead atoms. The van der Waals surface area contributed by atoms with Gasteiger partial charge in [-0.05, 0) is 24.3 Å². The number of aromatic nitrogens is 1. The SMILES string of the molecule is O=C(O)c1ccc(N2CC(F)(F)C2)c(-c2cccc(Cl)c2)n1. The molecule has 0 spiro atoms. The molecule has 1 N–H and O–H groups in total. The summed E-state index contributed by atoms with van der Waals surface area (Å²) in [5.74, 6) is -3.90. The molecular weight excluding hydrogens is 314 g/mol. The Labute approximate surface area is 130 Å². The van der Waals surface area contributed by atoms with E-state index in [4.69, 9.17) is 16.7 Å². The number of aromatic carboxylic acids is 1. The summed E-state index contributed by atoms with van der Waals surface area (Å²) in [5, 5.41) is 9.53. The van der Waals surface area contributed by atoms with Crippen molar-refractivity contribution in [2.75, 3.05) is 18.0 Å². The van der Waals surface area contributed by atoms with E-state index in [-0.39, 0.29) is 5.69 Å². The number of carboxylic acid groups (broad SMARTS) is 1. The molecule has 1 saturated heterocycles. The number of carboxylic acids is 1. The van der Waals surface area contributed by atoms with E-state index in [9.17, 15) is 13.6 Å². The standard InChI is InChI=1S/C15H11ClF2N2O2/c16-10-3-1-2-9(6-10)13-12(20-7-15(17,18)8-20)5-4-11(19-13)14(21)22/h1-6H,7-8H2,(H,21,22). The third kappa shape index (κ3) is 2.74. The van der Waals surface area contributed by atoms with Gasteiger partial charge in [0.15, 0.2) is 0 Å². The molecule has 0 amide bonds. The second-order valence-corrected chi connectivity index (χ2v) is 5.53. The maximum atomic E-state index is 13.1. The molecule has 0 radical (unpaired) electrons. The number of carbonyl (C=O) groups is 1. The fourth-order valence-corrected chi connectivity index (χ4v) is 2.55. The lowest BCUT2D eigenvalue weighted by molar-refractivity contribution is -0.0262. The van der Waals surface area contributed by atoms with E-state index in [1.54, 1.807) is 24.3 Å². The van der Waals surface area contributed by atoms with Gasteiger partial charge in [0.05, 0.1) is 24.5 Å². The van der Waals surface area contributed by atoms with E-state index in [2.05, 4.69) is 4.98 Å². The molecule has 0 unspecified atom stereocenters. The van der Waals surface area contributed by atoms with Crippen LogP contribution in [0.3, 0.4) is 0 Å². The first kappa shape index (κ1) is 14.7. The van der Waals surface area contributed by atoms with Crippen LogP contribution in [0.15, 0.2) is 36.4 Å². The Kier molecular flexibility index (Phi) is 3.48. The number of hydrogen-bond donors (Lipinski definition) is 1. The average Bonchev–Trinajstić information content (AvgIpc) is 2.44. The Balaban J connectivity index is 2.08. The molecule has 2 heterocycles. The van der Waals surface area contributed by atoms with Crippen molar-refractivity contribution < 1.29 is 18.7 Å². The number of pyridine rings is 1. The molecular formula is C15H11ClF2N2O2. The molecule has 0 saturated carbocycles. The van der Waals surface area contributed by atoms with Crippen LogP contribution >= 0.6 is 11.6 Å². The molecule has 1 aliphatic heterocycles. The first-order chi connectivity index (χ1) is 10.4. The van der Waals surface area contributed by atoms with E-state index in [0.717, 1.165) is 0 Å². The number of hydrogen-bond acceptors (Lipinski definition) is 3. The molecule has 1 aromatic carbocycles. The number of anilines is 1. The number of benzene rings is 1. The highest BCUT2D eigenvalue weighted by atomic mass is 35.5. The zero-order valence-corrected chi connectivity index (χ0v) is 12.0. The summed E-state index contributed by atoms with van der Waals surface area (Å²) < 4.78 is 26.2. The second kappa shape index (κ2) is 5.21. The van der Waals surface area contributed by atoms with Crippen LogP contribution in [0.4, 0.5) is 14.5 Å². The lowest BCUT2D eigenvalue weighted by Crippen LogP contribution is -2.56. The Morgan fingerprint density at radius 3 is 2.59 bits per heavy atom. The summed E-state index contributed by atoms with van der Waals surface area (Å²) in [6, 6.07) is 9.51. The fourth-order valence-electron chi connectivity index (χ4n) is 2.36. The predicted octanol–water partition coefficient (Wildman–Crippen LogP) is 3.56. The first-order valence-electron chi connectivity index (χ1n) is 6.49. The quantitative estimate of drug-likeness (QED) is 0.938. The van der Waals surface area contributed by atoms with Crippen LogP contribution in [0.25, 0.3) is 11.3 Å². The van der Waals surface area contributed by atoms with Gasteiger partial charge in [-0.3, -0.25) is 0 Å². The molecule has 4 nitrogen and oxygen atoms in total. The average molecular weight is 325 g/mol. The van der Waals surface area contributed by atoms with Crippen molar-refractivity contribution in [2.45, 2.75) is 5.92 Å². The van der Waals surface area contributed by atoms with E-state index in [1.165, 1.54) is 17.0 Å². The molecule has 1 aliphatic rings. The van der Waals surface area contributed by atoms with Gasteiger partial charge in [-0.25, -0.2) is 18.6 Å². The zero-order chi connectivity index (χ0) is 15.9. The van der Waals surface area contributed by atoms with E-state index >= 15 is 0 Å². The van der Waals surface area contributed by atoms with E-state index in [1.807, 2.05) is 0 Å². The van der Waals surface area contributed by atoms with Crippen LogP contribution in [0.5, 0.6) is 0 Å². The molecule has 0 atom stereocenters. The van der Waals surface area contributed by atoms with Crippen molar-refractivity contribution in [1.29, 1.82) is 0 Å². The van der Waals surface area contributed by atoms with Gasteiger partial charge >= 0.3 is 5.97 Å². The minimum atomic E-state index is -2.73. The van der Waals surface area contributed by atoms with E-state index < -0.39 is 25.0 Å². The van der Waals surface area contributed by atoms with Crippen LogP contribution in [0.1, 0.15) is 10.5 Å². The van der Waals surface area contributed by atoms with Crippen LogP contribution in [0.2, 0.25) is 5.02 Å².